The molecule has 146 valence electrons. The van der Waals surface area contributed by atoms with Crippen LogP contribution in [0, 0.1) is 11.8 Å². The molecular weight excluding hydrogens is 379 g/mol. The molecule has 0 aliphatic rings. The predicted molar refractivity (Wildman–Crippen MR) is 120 cm³/mol. The topological polar surface area (TPSA) is 69.7 Å². The Hall–Kier alpha value is 1.02. The van der Waals surface area contributed by atoms with Gasteiger partial charge in [0.1, 0.15) is 0 Å². The minimum absolute atomic E-state index is 0. The van der Waals surface area contributed by atoms with Crippen LogP contribution in [-0.2, 0) is 0 Å². The minimum atomic E-state index is -0.500. The molecule has 0 radical (unpaired) electrons. The van der Waals surface area contributed by atoms with Crippen molar-refractivity contribution >= 4 is 86.2 Å². The van der Waals surface area contributed by atoms with Crippen molar-refractivity contribution in [1.82, 2.24) is 4.90 Å². The van der Waals surface area contributed by atoms with E-state index in [1.807, 2.05) is 4.90 Å². The first-order valence-corrected chi connectivity index (χ1v) is 10.1. The number of aliphatic hydroxyl groups is 2. The van der Waals surface area contributed by atoms with Gasteiger partial charge in [0.15, 0.2) is 0 Å². The second kappa shape index (κ2) is 21.3. The second-order valence-electron chi connectivity index (χ2n) is 6.36. The van der Waals surface area contributed by atoms with Gasteiger partial charge >= 0.3 is 51.4 Å². The Kier molecular flexibility index (Phi) is 26.2. The molecule has 0 aromatic heterocycles. The van der Waals surface area contributed by atoms with E-state index in [2.05, 4.69) is 45.6 Å². The zero-order chi connectivity index (χ0) is 19.0. The summed E-state index contributed by atoms with van der Waals surface area (Å²) in [6.45, 7) is 10.8. The zero-order valence-corrected chi connectivity index (χ0v) is 17.6. The van der Waals surface area contributed by atoms with E-state index in [1.165, 1.54) is 51.4 Å². The van der Waals surface area contributed by atoms with Gasteiger partial charge in [-0.2, -0.15) is 0 Å². The molecule has 4 nitrogen and oxygen atoms in total. The second-order valence-corrected chi connectivity index (χ2v) is 7.14. The Labute approximate surface area is 208 Å². The van der Waals surface area contributed by atoms with Gasteiger partial charge in [-0.3, -0.25) is 0 Å². The molecule has 0 aromatic carbocycles. The molecule has 0 saturated carbocycles. The van der Waals surface area contributed by atoms with Gasteiger partial charge in [-0.05, 0) is 49.1 Å². The molecule has 0 aromatic rings. The molecule has 0 rings (SSSR count). The quantitative estimate of drug-likeness (QED) is 0.315. The number of hydrogen-bond acceptors (Lipinski definition) is 2. The van der Waals surface area contributed by atoms with Gasteiger partial charge in [0.25, 0.3) is 10.3 Å². The van der Waals surface area contributed by atoms with Crippen LogP contribution in [0.5, 0.6) is 0 Å². The van der Waals surface area contributed by atoms with E-state index < -0.39 is 5.17 Å². The third-order valence-electron chi connectivity index (χ3n) is 4.31. The van der Waals surface area contributed by atoms with Crippen molar-refractivity contribution in [3.8, 4) is 0 Å². The summed E-state index contributed by atoms with van der Waals surface area (Å²) in [5.41, 5.74) is 4.40. The monoisotopic (exact) mass is 418 g/mol. The van der Waals surface area contributed by atoms with Gasteiger partial charge in [-0.15, -0.1) is 0 Å². The van der Waals surface area contributed by atoms with Crippen LogP contribution in [0.4, 0.5) is 0 Å². The van der Waals surface area contributed by atoms with Crippen LogP contribution in [0.1, 0.15) is 79.1 Å². The maximum absolute atomic E-state index is 9.81. The summed E-state index contributed by atoms with van der Waals surface area (Å²) in [7, 11) is 0. The van der Waals surface area contributed by atoms with Crippen LogP contribution in [0.2, 0.25) is 0 Å². The fraction of sp³-hybridized carbons (Fsp3) is 0.889. The number of rotatable bonds is 12. The summed E-state index contributed by atoms with van der Waals surface area (Å²) in [5.74, 6) is 1.31. The van der Waals surface area contributed by atoms with Crippen LogP contribution in [0.25, 0.3) is 0 Å². The van der Waals surface area contributed by atoms with Gasteiger partial charge in [-0.1, -0.05) is 66.2 Å². The predicted octanol–water partition coefficient (Wildman–Crippen LogP) is 4.70. The van der Waals surface area contributed by atoms with Crippen LogP contribution in [-0.4, -0.2) is 89.9 Å². The van der Waals surface area contributed by atoms with Gasteiger partial charge in [-0.25, -0.2) is 0 Å². The van der Waals surface area contributed by atoms with E-state index in [0.717, 1.165) is 13.1 Å². The van der Waals surface area contributed by atoms with E-state index in [1.54, 1.807) is 0 Å². The fourth-order valence-electron chi connectivity index (χ4n) is 2.69. The summed E-state index contributed by atoms with van der Waals surface area (Å²) in [6.07, 6.45) is 9.88. The molecule has 2 atom stereocenters. The molecule has 0 aliphatic heterocycles. The van der Waals surface area contributed by atoms with E-state index >= 15 is 0 Å². The fourth-order valence-corrected chi connectivity index (χ4v) is 2.84. The number of nitrogens with zero attached hydrogens (tertiary/aromatic N) is 1. The van der Waals surface area contributed by atoms with Gasteiger partial charge in [0.2, 0.25) is 0 Å². The van der Waals surface area contributed by atoms with E-state index in [0.29, 0.717) is 11.8 Å². The number of aliphatic hydroxyl groups excluding tert-OH is 2. The molecule has 0 aliphatic carbocycles. The summed E-state index contributed by atoms with van der Waals surface area (Å²) in [6, 6.07) is 0. The van der Waals surface area contributed by atoms with Crippen LogP contribution in [0.15, 0.2) is 0 Å². The Morgan fingerprint density at radius 3 is 1.40 bits per heavy atom. The standard InChI is InChI=1S/C17H35NOS.CH3NOS.K.H/c1-5-9-11-15(7-3)13-18(17(19)20)14-16(8-4)12-10-6-2;2-1(3)4;;/h15-16H,5-14H2,1-4H3,(H,19,20);(H3,2,3,4);;. The Balaban J connectivity index is -0.000000867. The first-order valence-electron chi connectivity index (χ1n) is 9.28. The molecule has 4 N–H and O–H groups in total. The number of nitrogens with two attached hydrogens (primary N) is 1. The summed E-state index contributed by atoms with van der Waals surface area (Å²) < 4.78 is 0. The average molecular weight is 419 g/mol. The van der Waals surface area contributed by atoms with Gasteiger partial charge in [0.05, 0.1) is 0 Å². The zero-order valence-electron chi connectivity index (χ0n) is 16.0. The third kappa shape index (κ3) is 21.2. The van der Waals surface area contributed by atoms with E-state index in [9.17, 15) is 5.11 Å². The van der Waals surface area contributed by atoms with E-state index in [-0.39, 0.29) is 56.6 Å². The van der Waals surface area contributed by atoms with Crippen LogP contribution in [0.3, 0.4) is 0 Å². The van der Waals surface area contributed by atoms with Crippen molar-refractivity contribution in [2.24, 2.45) is 17.6 Å². The molecule has 0 amide bonds. The first-order chi connectivity index (χ1) is 11.3. The van der Waals surface area contributed by atoms with Crippen LogP contribution >= 0.6 is 24.4 Å². The molecule has 7 heteroatoms. The van der Waals surface area contributed by atoms with Gasteiger partial charge < -0.3 is 20.8 Å². The molecule has 0 spiro atoms. The van der Waals surface area contributed by atoms with Crippen molar-refractivity contribution in [2.45, 2.75) is 79.1 Å². The number of thiocarbonyl (C=S) groups is 2. The normalized spacial score (nSPS) is 12.2. The molecular formula is C18H39KN2O2S2. The summed E-state index contributed by atoms with van der Waals surface area (Å²) >= 11 is 8.93. The number of hydrogen-bond donors (Lipinski definition) is 3. The van der Waals surface area contributed by atoms with Crippen molar-refractivity contribution in [3.05, 3.63) is 0 Å². The van der Waals surface area contributed by atoms with Crippen molar-refractivity contribution in [3.63, 3.8) is 0 Å². The molecule has 2 unspecified atom stereocenters. The Morgan fingerprint density at radius 2 is 1.20 bits per heavy atom. The summed E-state index contributed by atoms with van der Waals surface area (Å²) in [4.78, 5) is 2.04. The van der Waals surface area contributed by atoms with Crippen molar-refractivity contribution in [2.75, 3.05) is 13.1 Å². The Morgan fingerprint density at radius 1 is 0.880 bits per heavy atom. The Bertz CT molecular complexity index is 312. The molecule has 0 fully saturated rings. The molecule has 25 heavy (non-hydrogen) atoms. The number of unbranched alkanes of at least 4 members (excludes halogenated alkanes) is 2. The maximum atomic E-state index is 9.81. The van der Waals surface area contributed by atoms with Gasteiger partial charge in [0, 0.05) is 13.1 Å². The molecule has 0 heterocycles. The third-order valence-corrected chi connectivity index (χ3v) is 4.57. The molecule has 0 saturated heterocycles. The first kappa shape index (κ1) is 30.7. The SMILES string of the molecule is CCCCC(CC)CN(CC(CC)CCCC)C(O)=S.NC(O)=S.[KH]. The average Bonchev–Trinajstić information content (AvgIpc) is 2.52. The van der Waals surface area contributed by atoms with Crippen molar-refractivity contribution in [1.29, 1.82) is 0 Å². The van der Waals surface area contributed by atoms with Crippen LogP contribution < -0.4 is 5.73 Å². The van der Waals surface area contributed by atoms with Crippen molar-refractivity contribution < 1.29 is 10.2 Å². The van der Waals surface area contributed by atoms with E-state index in [4.69, 9.17) is 17.3 Å². The molecule has 0 bridgehead atoms. The summed E-state index contributed by atoms with van der Waals surface area (Å²) in [5, 5.41) is 17.0.